The maximum Gasteiger partial charge on any atom is 0.261 e. The fourth-order valence-electron chi connectivity index (χ4n) is 5.48. The van der Waals surface area contributed by atoms with Crippen molar-refractivity contribution in [3.8, 4) is 11.5 Å². The molecule has 2 aromatic rings. The number of rotatable bonds is 9. The minimum atomic E-state index is -0.731. The van der Waals surface area contributed by atoms with Gasteiger partial charge in [0.25, 0.3) is 11.8 Å². The van der Waals surface area contributed by atoms with Gasteiger partial charge in [0.15, 0.2) is 12.7 Å². The van der Waals surface area contributed by atoms with E-state index in [1.165, 1.54) is 12.1 Å². The molecule has 8 nitrogen and oxygen atoms in total. The van der Waals surface area contributed by atoms with Gasteiger partial charge in [0, 0.05) is 40.2 Å². The topological polar surface area (TPSA) is 109 Å². The lowest BCUT2D eigenvalue weighted by Gasteiger charge is -2.70. The van der Waals surface area contributed by atoms with E-state index in [2.05, 4.69) is 22.5 Å². The second-order valence-corrected chi connectivity index (χ2v) is 10.9. The molecule has 4 aliphatic rings. The van der Waals surface area contributed by atoms with Crippen LogP contribution in [-0.2, 0) is 9.59 Å². The van der Waals surface area contributed by atoms with E-state index in [1.54, 1.807) is 18.2 Å². The third-order valence-electron chi connectivity index (χ3n) is 7.00. The third-order valence-corrected chi connectivity index (χ3v) is 7.54. The molecule has 1 aliphatic heterocycles. The van der Waals surface area contributed by atoms with E-state index in [-0.39, 0.29) is 58.6 Å². The van der Waals surface area contributed by atoms with E-state index in [1.807, 2.05) is 0 Å². The molecule has 0 radical (unpaired) electrons. The molecule has 0 spiro atoms. The number of ether oxygens (including phenoxy) is 2. The van der Waals surface area contributed by atoms with Crippen LogP contribution in [0.3, 0.4) is 0 Å². The number of carbonyl (C=O) groups is 2. The molecule has 6 rings (SSSR count). The predicted octanol–water partition coefficient (Wildman–Crippen LogP) is 3.97. The summed E-state index contributed by atoms with van der Waals surface area (Å²) in [6.07, 6.45) is 1.45. The highest BCUT2D eigenvalue weighted by molar-refractivity contribution is 6.31. The number of aliphatic hydroxyl groups excluding tert-OH is 1. The van der Waals surface area contributed by atoms with E-state index in [4.69, 9.17) is 32.7 Å². The molecule has 2 atom stereocenters. The average Bonchev–Trinajstić information content (AvgIpc) is 2.80. The predicted molar refractivity (Wildman–Crippen MR) is 136 cm³/mol. The SMILES string of the molecule is C=C(O)CNC1CC(C(=O)NC23CC(NC(=O)COc4ccc(Cl)c(F)c4)(C2)C3)Oc2ccc(Cl)cc21. The number of carbonyl (C=O) groups excluding carboxylic acids is 2. The third kappa shape index (κ3) is 5.35. The van der Waals surface area contributed by atoms with Crippen molar-refractivity contribution in [2.24, 2.45) is 0 Å². The van der Waals surface area contributed by atoms with Gasteiger partial charge in [-0.25, -0.2) is 4.39 Å². The van der Waals surface area contributed by atoms with Crippen molar-refractivity contribution in [2.75, 3.05) is 13.2 Å². The molecule has 0 saturated heterocycles. The highest BCUT2D eigenvalue weighted by Gasteiger charge is 2.69. The van der Waals surface area contributed by atoms with Gasteiger partial charge in [0.2, 0.25) is 0 Å². The van der Waals surface area contributed by atoms with Gasteiger partial charge in [-0.2, -0.15) is 0 Å². The Morgan fingerprint density at radius 3 is 2.57 bits per heavy atom. The van der Waals surface area contributed by atoms with Gasteiger partial charge in [-0.1, -0.05) is 29.8 Å². The Labute approximate surface area is 223 Å². The molecular formula is C26H26Cl2FN3O5. The molecule has 37 heavy (non-hydrogen) atoms. The van der Waals surface area contributed by atoms with Crippen molar-refractivity contribution < 1.29 is 28.6 Å². The fraction of sp³-hybridized carbons (Fsp3) is 0.385. The first-order chi connectivity index (χ1) is 17.6. The summed E-state index contributed by atoms with van der Waals surface area (Å²) in [5, 5.41) is 19.3. The monoisotopic (exact) mass is 549 g/mol. The number of amides is 2. The van der Waals surface area contributed by atoms with Crippen LogP contribution in [0.15, 0.2) is 48.7 Å². The Morgan fingerprint density at radius 2 is 1.86 bits per heavy atom. The van der Waals surface area contributed by atoms with Crippen LogP contribution < -0.4 is 25.4 Å². The summed E-state index contributed by atoms with van der Waals surface area (Å²) in [5.74, 6) is -0.414. The normalized spacial score (nSPS) is 27.0. The molecule has 2 aromatic carbocycles. The van der Waals surface area contributed by atoms with Crippen LogP contribution in [0.1, 0.15) is 37.3 Å². The van der Waals surface area contributed by atoms with Gasteiger partial charge in [-0.15, -0.1) is 0 Å². The van der Waals surface area contributed by atoms with Gasteiger partial charge < -0.3 is 30.5 Å². The molecule has 0 aromatic heterocycles. The fourth-order valence-corrected chi connectivity index (χ4v) is 5.78. The molecule has 196 valence electrons. The quantitative estimate of drug-likeness (QED) is 0.352. The second kappa shape index (κ2) is 9.70. The Kier molecular flexibility index (Phi) is 6.72. The van der Waals surface area contributed by atoms with E-state index >= 15 is 0 Å². The Hall–Kier alpha value is -3.01. The summed E-state index contributed by atoms with van der Waals surface area (Å²) in [7, 11) is 0. The van der Waals surface area contributed by atoms with Crippen molar-refractivity contribution >= 4 is 35.0 Å². The van der Waals surface area contributed by atoms with Crippen LogP contribution in [0.4, 0.5) is 4.39 Å². The highest BCUT2D eigenvalue weighted by Crippen LogP contribution is 2.60. The second-order valence-electron chi connectivity index (χ2n) is 10.0. The Balaban J connectivity index is 1.12. The number of nitrogens with one attached hydrogen (secondary N) is 3. The molecular weight excluding hydrogens is 524 g/mol. The smallest absolute Gasteiger partial charge is 0.261 e. The lowest BCUT2D eigenvalue weighted by atomic mass is 9.44. The first kappa shape index (κ1) is 25.6. The molecule has 3 saturated carbocycles. The summed E-state index contributed by atoms with van der Waals surface area (Å²) in [5.41, 5.74) is 0.0613. The Morgan fingerprint density at radius 1 is 1.14 bits per heavy atom. The molecule has 4 N–H and O–H groups in total. The largest absolute Gasteiger partial charge is 0.512 e. The van der Waals surface area contributed by atoms with Crippen LogP contribution in [0.25, 0.3) is 0 Å². The summed E-state index contributed by atoms with van der Waals surface area (Å²) in [6.45, 7) is 3.42. The van der Waals surface area contributed by atoms with Gasteiger partial charge in [-0.3, -0.25) is 9.59 Å². The molecule has 2 bridgehead atoms. The Bertz CT molecular complexity index is 1250. The molecule has 3 aliphatic carbocycles. The molecule has 2 amide bonds. The summed E-state index contributed by atoms with van der Waals surface area (Å²) < 4.78 is 24.9. The number of hydrogen-bond acceptors (Lipinski definition) is 6. The van der Waals surface area contributed by atoms with Crippen molar-refractivity contribution in [1.82, 2.24) is 16.0 Å². The van der Waals surface area contributed by atoms with Crippen LogP contribution in [0.2, 0.25) is 10.0 Å². The minimum absolute atomic E-state index is 0.0111. The summed E-state index contributed by atoms with van der Waals surface area (Å²) in [4.78, 5) is 25.5. The zero-order valence-electron chi connectivity index (χ0n) is 19.8. The van der Waals surface area contributed by atoms with Gasteiger partial charge in [-0.05, 0) is 49.6 Å². The zero-order valence-corrected chi connectivity index (χ0v) is 21.3. The van der Waals surface area contributed by atoms with E-state index in [0.29, 0.717) is 36.5 Å². The number of halogens is 3. The number of fused-ring (bicyclic) bond motifs is 1. The minimum Gasteiger partial charge on any atom is -0.512 e. The van der Waals surface area contributed by atoms with Crippen LogP contribution in [0.5, 0.6) is 11.5 Å². The summed E-state index contributed by atoms with van der Waals surface area (Å²) in [6, 6.07) is 8.93. The lowest BCUT2D eigenvalue weighted by molar-refractivity contribution is -0.154. The van der Waals surface area contributed by atoms with Crippen molar-refractivity contribution in [3.05, 3.63) is 70.2 Å². The number of aliphatic hydroxyl groups is 1. The van der Waals surface area contributed by atoms with Gasteiger partial charge in [0.1, 0.15) is 17.3 Å². The molecule has 3 fully saturated rings. The first-order valence-electron chi connectivity index (χ1n) is 11.8. The van der Waals surface area contributed by atoms with Crippen LogP contribution in [-0.4, -0.2) is 47.3 Å². The number of hydrogen-bond donors (Lipinski definition) is 4. The van der Waals surface area contributed by atoms with E-state index < -0.39 is 11.9 Å². The maximum absolute atomic E-state index is 13.5. The van der Waals surface area contributed by atoms with Gasteiger partial charge >= 0.3 is 0 Å². The van der Waals surface area contributed by atoms with Crippen LogP contribution in [0, 0.1) is 5.82 Å². The molecule has 2 unspecified atom stereocenters. The first-order valence-corrected chi connectivity index (χ1v) is 12.6. The maximum atomic E-state index is 13.5. The van der Waals surface area contributed by atoms with E-state index in [9.17, 15) is 19.1 Å². The van der Waals surface area contributed by atoms with E-state index in [0.717, 1.165) is 11.6 Å². The summed E-state index contributed by atoms with van der Waals surface area (Å²) >= 11 is 11.8. The van der Waals surface area contributed by atoms with Gasteiger partial charge in [0.05, 0.1) is 17.3 Å². The van der Waals surface area contributed by atoms with Crippen LogP contribution >= 0.6 is 23.2 Å². The van der Waals surface area contributed by atoms with Crippen molar-refractivity contribution in [3.63, 3.8) is 0 Å². The lowest BCUT2D eigenvalue weighted by Crippen LogP contribution is -2.84. The molecule has 1 heterocycles. The number of benzene rings is 2. The zero-order chi connectivity index (χ0) is 26.4. The van der Waals surface area contributed by atoms with Crippen molar-refractivity contribution in [2.45, 2.75) is 48.9 Å². The average molecular weight is 550 g/mol. The van der Waals surface area contributed by atoms with Crippen molar-refractivity contribution in [1.29, 1.82) is 0 Å². The standard InChI is InChI=1S/C26H26Cl2FN3O5/c1-14(33)9-30-20-8-22(37-21-5-2-15(27)6-17(20)21)24(35)32-26-11-25(12-26,13-26)31-23(34)10-36-16-3-4-18(28)19(29)7-16/h2-7,20,22,30,33H,1,8-13H2,(H,31,34)(H,32,35). The molecule has 11 heteroatoms. The highest BCUT2D eigenvalue weighted by atomic mass is 35.5.